The third kappa shape index (κ3) is 4.13. The Morgan fingerprint density at radius 3 is 2.61 bits per heavy atom. The van der Waals surface area contributed by atoms with E-state index in [4.69, 9.17) is 11.6 Å². The van der Waals surface area contributed by atoms with Crippen molar-refractivity contribution in [1.82, 2.24) is 20.5 Å². The van der Waals surface area contributed by atoms with E-state index in [1.807, 2.05) is 72.8 Å². The molecule has 3 aromatic carbocycles. The summed E-state index contributed by atoms with van der Waals surface area (Å²) in [5, 5.41) is 7.46. The third-order valence-corrected chi connectivity index (χ3v) is 7.78. The molecule has 0 unspecified atom stereocenters. The Morgan fingerprint density at radius 2 is 1.79 bits per heavy atom. The van der Waals surface area contributed by atoms with E-state index in [0.29, 0.717) is 30.0 Å². The lowest BCUT2D eigenvalue weighted by Crippen LogP contribution is -2.56. The Labute approximate surface area is 225 Å². The maximum Gasteiger partial charge on any atom is 0.255 e. The van der Waals surface area contributed by atoms with E-state index in [1.165, 1.54) is 0 Å². The molecule has 0 saturated carbocycles. The minimum Gasteiger partial charge on any atom is -0.356 e. The van der Waals surface area contributed by atoms with Crippen molar-refractivity contribution in [2.45, 2.75) is 37.9 Å². The van der Waals surface area contributed by atoms with Crippen molar-refractivity contribution in [3.05, 3.63) is 106 Å². The van der Waals surface area contributed by atoms with Gasteiger partial charge in [0.15, 0.2) is 0 Å². The van der Waals surface area contributed by atoms with Crippen LogP contribution in [0.5, 0.6) is 0 Å². The van der Waals surface area contributed by atoms with Crippen molar-refractivity contribution < 1.29 is 14.4 Å². The van der Waals surface area contributed by atoms with E-state index in [0.717, 1.165) is 33.3 Å². The first-order chi connectivity index (χ1) is 18.4. The van der Waals surface area contributed by atoms with Crippen molar-refractivity contribution in [3.63, 3.8) is 0 Å². The first kappa shape index (κ1) is 24.2. The molecule has 8 heteroatoms. The summed E-state index contributed by atoms with van der Waals surface area (Å²) in [6, 6.07) is 21.1. The predicted molar refractivity (Wildman–Crippen MR) is 146 cm³/mol. The lowest BCUT2D eigenvalue weighted by Gasteiger charge is -2.37. The number of rotatable bonds is 6. The van der Waals surface area contributed by atoms with Gasteiger partial charge >= 0.3 is 0 Å². The normalized spacial score (nSPS) is 18.5. The number of carbonyl (C=O) groups is 3. The quantitative estimate of drug-likeness (QED) is 0.352. The highest BCUT2D eigenvalue weighted by molar-refractivity contribution is 6.30. The Bertz CT molecular complexity index is 1560. The molecule has 3 N–H and O–H groups in total. The van der Waals surface area contributed by atoms with Gasteiger partial charge in [-0.2, -0.15) is 0 Å². The number of hydrogen-bond donors (Lipinski definition) is 3. The topological polar surface area (TPSA) is 94.3 Å². The summed E-state index contributed by atoms with van der Waals surface area (Å²) in [6.07, 6.45) is 1.02. The van der Waals surface area contributed by atoms with Crippen LogP contribution in [0.15, 0.2) is 72.8 Å². The van der Waals surface area contributed by atoms with Crippen LogP contribution in [0.2, 0.25) is 5.02 Å². The van der Waals surface area contributed by atoms with Gasteiger partial charge in [-0.15, -0.1) is 0 Å². The summed E-state index contributed by atoms with van der Waals surface area (Å²) in [4.78, 5) is 45.1. The zero-order valence-corrected chi connectivity index (χ0v) is 21.6. The standard InChI is InChI=1S/C30H27ClN4O3/c1-17(28(36)32-15-14-18-10-12-19(31)13-11-18)33-29(37)25-16-23-20-6-4-5-9-24(20)34-26(23)27-21-7-2-3-8-22(21)30(38)35(25)27/h2-13,17,25,27,34H,14-16H2,1H3,(H,32,36)(H,33,37)/t17-,25-,27-/m0/s1. The van der Waals surface area contributed by atoms with E-state index in [1.54, 1.807) is 11.8 Å². The van der Waals surface area contributed by atoms with E-state index >= 15 is 0 Å². The van der Waals surface area contributed by atoms with Crippen LogP contribution >= 0.6 is 11.6 Å². The molecular formula is C30H27ClN4O3. The van der Waals surface area contributed by atoms with Gasteiger partial charge in [0.2, 0.25) is 11.8 Å². The van der Waals surface area contributed by atoms with Crippen LogP contribution in [0.25, 0.3) is 10.9 Å². The molecule has 192 valence electrons. The minimum absolute atomic E-state index is 0.171. The van der Waals surface area contributed by atoms with Crippen molar-refractivity contribution in [1.29, 1.82) is 0 Å². The number of nitrogens with zero attached hydrogens (tertiary/aromatic N) is 1. The van der Waals surface area contributed by atoms with E-state index < -0.39 is 12.1 Å². The molecule has 0 spiro atoms. The Morgan fingerprint density at radius 1 is 1.05 bits per heavy atom. The highest BCUT2D eigenvalue weighted by atomic mass is 35.5. The van der Waals surface area contributed by atoms with Gasteiger partial charge in [0.05, 0.1) is 6.04 Å². The zero-order chi connectivity index (χ0) is 26.4. The molecule has 4 aromatic rings. The maximum atomic E-state index is 13.6. The van der Waals surface area contributed by atoms with Crippen LogP contribution in [-0.4, -0.2) is 46.2 Å². The zero-order valence-electron chi connectivity index (χ0n) is 20.8. The molecule has 0 aliphatic carbocycles. The van der Waals surface area contributed by atoms with Gasteiger partial charge in [0.25, 0.3) is 5.91 Å². The molecule has 3 atom stereocenters. The Hall–Kier alpha value is -4.10. The summed E-state index contributed by atoms with van der Waals surface area (Å²) >= 11 is 5.93. The molecule has 1 aromatic heterocycles. The van der Waals surface area contributed by atoms with Crippen LogP contribution < -0.4 is 10.6 Å². The second-order valence-corrected chi connectivity index (χ2v) is 10.3. The smallest absolute Gasteiger partial charge is 0.255 e. The molecule has 38 heavy (non-hydrogen) atoms. The van der Waals surface area contributed by atoms with Gasteiger partial charge in [-0.3, -0.25) is 14.4 Å². The van der Waals surface area contributed by atoms with E-state index in [9.17, 15) is 14.4 Å². The number of aromatic nitrogens is 1. The number of halogens is 1. The number of para-hydroxylation sites is 1. The number of nitrogens with one attached hydrogen (secondary N) is 3. The van der Waals surface area contributed by atoms with Crippen molar-refractivity contribution in [2.75, 3.05) is 6.54 Å². The number of carbonyl (C=O) groups excluding carboxylic acids is 3. The Kier molecular flexibility index (Phi) is 6.16. The predicted octanol–water partition coefficient (Wildman–Crippen LogP) is 4.15. The fourth-order valence-electron chi connectivity index (χ4n) is 5.65. The van der Waals surface area contributed by atoms with Crippen LogP contribution in [-0.2, 0) is 22.4 Å². The van der Waals surface area contributed by atoms with Gasteiger partial charge in [0, 0.05) is 40.1 Å². The molecule has 2 aliphatic rings. The van der Waals surface area contributed by atoms with E-state index in [-0.39, 0.29) is 23.8 Å². The maximum absolute atomic E-state index is 13.6. The summed E-state index contributed by atoms with van der Waals surface area (Å²) < 4.78 is 0. The minimum atomic E-state index is -0.754. The molecule has 0 bridgehead atoms. The molecule has 7 nitrogen and oxygen atoms in total. The molecule has 3 amide bonds. The van der Waals surface area contributed by atoms with Gasteiger partial charge in [-0.1, -0.05) is 60.1 Å². The fraction of sp³-hybridized carbons (Fsp3) is 0.233. The van der Waals surface area contributed by atoms with Gasteiger partial charge in [-0.05, 0) is 54.3 Å². The number of amides is 3. The number of hydrogen-bond acceptors (Lipinski definition) is 3. The third-order valence-electron chi connectivity index (χ3n) is 7.53. The van der Waals surface area contributed by atoms with Crippen molar-refractivity contribution in [2.24, 2.45) is 0 Å². The van der Waals surface area contributed by atoms with Crippen LogP contribution in [0.4, 0.5) is 0 Å². The molecule has 6 rings (SSSR count). The largest absolute Gasteiger partial charge is 0.356 e. The second kappa shape index (κ2) is 9.65. The van der Waals surface area contributed by atoms with Gasteiger partial charge in [-0.25, -0.2) is 0 Å². The summed E-state index contributed by atoms with van der Waals surface area (Å²) in [7, 11) is 0. The Balaban J connectivity index is 1.22. The monoisotopic (exact) mass is 526 g/mol. The van der Waals surface area contributed by atoms with Gasteiger partial charge in [0.1, 0.15) is 12.1 Å². The van der Waals surface area contributed by atoms with Crippen LogP contribution in [0, 0.1) is 0 Å². The molecule has 0 radical (unpaired) electrons. The van der Waals surface area contributed by atoms with E-state index in [2.05, 4.69) is 15.6 Å². The summed E-state index contributed by atoms with van der Waals surface area (Å²) in [6.45, 7) is 2.10. The average molecular weight is 527 g/mol. The number of fused-ring (bicyclic) bond motifs is 7. The highest BCUT2D eigenvalue weighted by Gasteiger charge is 2.49. The molecule has 0 saturated heterocycles. The summed E-state index contributed by atoms with van der Waals surface area (Å²) in [5.41, 5.74) is 5.50. The second-order valence-electron chi connectivity index (χ2n) is 9.88. The first-order valence-corrected chi connectivity index (χ1v) is 13.1. The lowest BCUT2D eigenvalue weighted by molar-refractivity contribution is -0.131. The number of aromatic amines is 1. The lowest BCUT2D eigenvalue weighted by atomic mass is 9.90. The van der Waals surface area contributed by atoms with Crippen LogP contribution in [0.1, 0.15) is 45.7 Å². The molecule has 2 aliphatic heterocycles. The van der Waals surface area contributed by atoms with Gasteiger partial charge < -0.3 is 20.5 Å². The highest BCUT2D eigenvalue weighted by Crippen LogP contribution is 2.46. The number of H-pyrrole nitrogens is 1. The molecule has 3 heterocycles. The SMILES string of the molecule is C[C@H](NC(=O)[C@@H]1Cc2c([nH]c3ccccc23)[C@@H]2c3ccccc3C(=O)N21)C(=O)NCCc1ccc(Cl)cc1. The summed E-state index contributed by atoms with van der Waals surface area (Å²) in [5.74, 6) is -0.786. The molecule has 0 fully saturated rings. The average Bonchev–Trinajstić information content (AvgIpc) is 3.45. The number of benzene rings is 3. The van der Waals surface area contributed by atoms with Crippen molar-refractivity contribution >= 4 is 40.2 Å². The van der Waals surface area contributed by atoms with Crippen molar-refractivity contribution in [3.8, 4) is 0 Å². The fourth-order valence-corrected chi connectivity index (χ4v) is 5.77. The molecular weight excluding hydrogens is 500 g/mol. The van der Waals surface area contributed by atoms with Crippen LogP contribution in [0.3, 0.4) is 0 Å². The first-order valence-electron chi connectivity index (χ1n) is 12.8.